The first-order valence-corrected chi connectivity index (χ1v) is 6.30. The summed E-state index contributed by atoms with van der Waals surface area (Å²) in [6.45, 7) is 6.01. The molecule has 100 valence electrons. The molecule has 0 radical (unpaired) electrons. The molecule has 0 atom stereocenters. The van der Waals surface area contributed by atoms with Crippen LogP contribution in [0, 0.1) is 0 Å². The summed E-state index contributed by atoms with van der Waals surface area (Å²) in [6.07, 6.45) is 4.28. The van der Waals surface area contributed by atoms with Crippen LogP contribution in [0.1, 0.15) is 37.7 Å². The number of hydrogen-bond acceptors (Lipinski definition) is 3. The van der Waals surface area contributed by atoms with E-state index in [0.717, 1.165) is 12.0 Å². The molecule has 5 nitrogen and oxygen atoms in total. The number of carbonyl (C=O) groups excluding carboxylic acids is 1. The number of amides is 1. The lowest BCUT2D eigenvalue weighted by Crippen LogP contribution is -2.42. The maximum atomic E-state index is 12.1. The number of nitrogens with zero attached hydrogens (tertiary/aromatic N) is 2. The molecule has 0 aliphatic heterocycles. The fourth-order valence-electron chi connectivity index (χ4n) is 1.56. The van der Waals surface area contributed by atoms with Crippen LogP contribution in [0.4, 0.5) is 0 Å². The highest BCUT2D eigenvalue weighted by atomic mass is 16.2. The molecule has 2 aromatic heterocycles. The van der Waals surface area contributed by atoms with Crippen molar-refractivity contribution in [2.24, 2.45) is 0 Å². The molecule has 2 heterocycles. The third-order valence-corrected chi connectivity index (χ3v) is 3.12. The first kappa shape index (κ1) is 13.3. The minimum Gasteiger partial charge on any atom is -0.346 e. The molecule has 2 rings (SSSR count). The number of H-pyrrole nitrogens is 1. The van der Waals surface area contributed by atoms with Crippen molar-refractivity contribution < 1.29 is 4.79 Å². The van der Waals surface area contributed by atoms with E-state index in [-0.39, 0.29) is 11.4 Å². The van der Waals surface area contributed by atoms with Crippen LogP contribution in [0.25, 0.3) is 11.3 Å². The Balaban J connectivity index is 2.16. The zero-order valence-electron chi connectivity index (χ0n) is 11.4. The van der Waals surface area contributed by atoms with E-state index in [1.807, 2.05) is 32.9 Å². The van der Waals surface area contributed by atoms with Gasteiger partial charge in [-0.3, -0.25) is 14.9 Å². The van der Waals surface area contributed by atoms with Crippen LogP contribution in [-0.4, -0.2) is 26.6 Å². The Morgan fingerprint density at radius 3 is 2.89 bits per heavy atom. The molecule has 0 unspecified atom stereocenters. The largest absolute Gasteiger partial charge is 0.346 e. The number of nitrogens with one attached hydrogen (secondary N) is 2. The van der Waals surface area contributed by atoms with Gasteiger partial charge in [0, 0.05) is 23.5 Å². The lowest BCUT2D eigenvalue weighted by atomic mass is 10.0. The molecule has 0 aliphatic carbocycles. The summed E-state index contributed by atoms with van der Waals surface area (Å²) in [5.74, 6) is -0.144. The number of aromatic nitrogens is 3. The van der Waals surface area contributed by atoms with Gasteiger partial charge in [0.2, 0.25) is 0 Å². The van der Waals surface area contributed by atoms with Crippen LogP contribution < -0.4 is 5.32 Å². The maximum absolute atomic E-state index is 12.1. The van der Waals surface area contributed by atoms with E-state index in [1.165, 1.54) is 0 Å². The summed E-state index contributed by atoms with van der Waals surface area (Å²) in [5.41, 5.74) is 1.83. The van der Waals surface area contributed by atoms with Gasteiger partial charge in [0.05, 0.1) is 5.69 Å². The Morgan fingerprint density at radius 2 is 2.26 bits per heavy atom. The van der Waals surface area contributed by atoms with Crippen molar-refractivity contribution >= 4 is 5.91 Å². The molecular weight excluding hydrogens is 240 g/mol. The molecule has 19 heavy (non-hydrogen) atoms. The van der Waals surface area contributed by atoms with Crippen molar-refractivity contribution in [3.05, 3.63) is 36.3 Å². The van der Waals surface area contributed by atoms with Gasteiger partial charge in [0.25, 0.3) is 5.91 Å². The van der Waals surface area contributed by atoms with Gasteiger partial charge < -0.3 is 5.32 Å². The number of rotatable bonds is 4. The van der Waals surface area contributed by atoms with Gasteiger partial charge in [-0.15, -0.1) is 0 Å². The molecular formula is C14H18N4O. The number of carbonyl (C=O) groups is 1. The fourth-order valence-corrected chi connectivity index (χ4v) is 1.56. The maximum Gasteiger partial charge on any atom is 0.269 e. The van der Waals surface area contributed by atoms with Gasteiger partial charge in [0.15, 0.2) is 0 Å². The van der Waals surface area contributed by atoms with Gasteiger partial charge in [-0.2, -0.15) is 5.10 Å². The van der Waals surface area contributed by atoms with Crippen molar-refractivity contribution in [2.75, 3.05) is 0 Å². The summed E-state index contributed by atoms with van der Waals surface area (Å²) in [5, 5.41) is 9.86. The molecule has 0 saturated heterocycles. The quantitative estimate of drug-likeness (QED) is 0.884. The van der Waals surface area contributed by atoms with Gasteiger partial charge in [-0.25, -0.2) is 0 Å². The van der Waals surface area contributed by atoms with E-state index in [0.29, 0.717) is 11.4 Å². The molecule has 0 fully saturated rings. The standard InChI is InChI=1S/C14H18N4O/c1-4-14(2,3)16-13(19)12-8-11(17-18-12)10-6-5-7-15-9-10/h5-9H,4H2,1-3H3,(H,16,19)(H,17,18). The minimum atomic E-state index is -0.226. The predicted molar refractivity (Wildman–Crippen MR) is 73.7 cm³/mol. The Kier molecular flexibility index (Phi) is 3.64. The van der Waals surface area contributed by atoms with Crippen LogP contribution >= 0.6 is 0 Å². The molecule has 0 bridgehead atoms. The van der Waals surface area contributed by atoms with E-state index in [2.05, 4.69) is 20.5 Å². The van der Waals surface area contributed by atoms with Gasteiger partial charge in [-0.1, -0.05) is 6.92 Å². The van der Waals surface area contributed by atoms with Crippen molar-refractivity contribution in [1.29, 1.82) is 0 Å². The molecule has 2 N–H and O–H groups in total. The second kappa shape index (κ2) is 5.22. The first-order chi connectivity index (χ1) is 9.02. The molecule has 2 aromatic rings. The third-order valence-electron chi connectivity index (χ3n) is 3.12. The van der Waals surface area contributed by atoms with Gasteiger partial charge in [-0.05, 0) is 38.5 Å². The Hall–Kier alpha value is -2.17. The zero-order valence-corrected chi connectivity index (χ0v) is 11.4. The summed E-state index contributed by atoms with van der Waals surface area (Å²) in [4.78, 5) is 16.1. The normalized spacial score (nSPS) is 11.3. The Bertz CT molecular complexity index is 560. The Morgan fingerprint density at radius 1 is 1.47 bits per heavy atom. The molecule has 0 aromatic carbocycles. The van der Waals surface area contributed by atoms with Crippen LogP contribution in [0.15, 0.2) is 30.6 Å². The first-order valence-electron chi connectivity index (χ1n) is 6.30. The number of hydrogen-bond donors (Lipinski definition) is 2. The van der Waals surface area contributed by atoms with Gasteiger partial charge in [0.1, 0.15) is 5.69 Å². The summed E-state index contributed by atoms with van der Waals surface area (Å²) in [6, 6.07) is 5.48. The highest BCUT2D eigenvalue weighted by Gasteiger charge is 2.20. The van der Waals surface area contributed by atoms with Crippen molar-refractivity contribution in [3.63, 3.8) is 0 Å². The van der Waals surface area contributed by atoms with E-state index in [1.54, 1.807) is 18.5 Å². The average Bonchev–Trinajstić information content (AvgIpc) is 2.89. The third kappa shape index (κ3) is 3.19. The topological polar surface area (TPSA) is 70.7 Å². The summed E-state index contributed by atoms with van der Waals surface area (Å²) < 4.78 is 0. The van der Waals surface area contributed by atoms with Crippen LogP contribution in [0.3, 0.4) is 0 Å². The lowest BCUT2D eigenvalue weighted by Gasteiger charge is -2.23. The smallest absolute Gasteiger partial charge is 0.269 e. The van der Waals surface area contributed by atoms with Crippen LogP contribution in [0.5, 0.6) is 0 Å². The fraction of sp³-hybridized carbons (Fsp3) is 0.357. The van der Waals surface area contributed by atoms with E-state index < -0.39 is 0 Å². The minimum absolute atomic E-state index is 0.144. The molecule has 0 aliphatic rings. The highest BCUT2D eigenvalue weighted by Crippen LogP contribution is 2.16. The summed E-state index contributed by atoms with van der Waals surface area (Å²) in [7, 11) is 0. The Labute approximate surface area is 112 Å². The lowest BCUT2D eigenvalue weighted by molar-refractivity contribution is 0.0906. The van der Waals surface area contributed by atoms with E-state index in [9.17, 15) is 4.79 Å². The van der Waals surface area contributed by atoms with Crippen molar-refractivity contribution in [2.45, 2.75) is 32.7 Å². The number of aromatic amines is 1. The van der Waals surface area contributed by atoms with E-state index >= 15 is 0 Å². The van der Waals surface area contributed by atoms with Crippen molar-refractivity contribution in [3.8, 4) is 11.3 Å². The van der Waals surface area contributed by atoms with Crippen LogP contribution in [-0.2, 0) is 0 Å². The monoisotopic (exact) mass is 258 g/mol. The number of pyridine rings is 1. The average molecular weight is 258 g/mol. The summed E-state index contributed by atoms with van der Waals surface area (Å²) >= 11 is 0. The molecule has 1 amide bonds. The second-order valence-corrected chi connectivity index (χ2v) is 5.10. The molecule has 0 saturated carbocycles. The zero-order chi connectivity index (χ0) is 13.9. The predicted octanol–water partition coefficient (Wildman–Crippen LogP) is 2.39. The second-order valence-electron chi connectivity index (χ2n) is 5.10. The van der Waals surface area contributed by atoms with Crippen molar-refractivity contribution in [1.82, 2.24) is 20.5 Å². The molecule has 5 heteroatoms. The van der Waals surface area contributed by atoms with Crippen LogP contribution in [0.2, 0.25) is 0 Å². The van der Waals surface area contributed by atoms with E-state index in [4.69, 9.17) is 0 Å². The SMILES string of the molecule is CCC(C)(C)NC(=O)c1cc(-c2cccnc2)n[nH]1. The highest BCUT2D eigenvalue weighted by molar-refractivity contribution is 5.93. The van der Waals surface area contributed by atoms with Gasteiger partial charge >= 0.3 is 0 Å². The molecule has 0 spiro atoms.